The van der Waals surface area contributed by atoms with E-state index in [-0.39, 0.29) is 0 Å². The molecule has 0 saturated heterocycles. The molecule has 1 radical (unpaired) electrons. The molecule has 47 valence electrons. The van der Waals surface area contributed by atoms with E-state index in [0.717, 1.165) is 0 Å². The maximum Gasteiger partial charge on any atom is 0.318 e. The van der Waals surface area contributed by atoms with Crippen molar-refractivity contribution in [1.29, 1.82) is 0 Å². The van der Waals surface area contributed by atoms with Crippen LogP contribution in [-0.4, -0.2) is 20.0 Å². The third kappa shape index (κ3) is 7.11. The summed E-state index contributed by atoms with van der Waals surface area (Å²) in [6, 6.07) is 0. The maximum atomic E-state index is 5.63. The smallest absolute Gasteiger partial charge is 0.318 e. The van der Waals surface area contributed by atoms with Crippen LogP contribution in [0.4, 0.5) is 0 Å². The van der Waals surface area contributed by atoms with E-state index in [9.17, 15) is 0 Å². The predicted octanol–water partition coefficient (Wildman–Crippen LogP) is 1.44. The maximum absolute atomic E-state index is 5.63. The highest BCUT2D eigenvalue weighted by atomic mass is 35.7. The number of nitrogens with one attached hydrogen (secondary N) is 1. The number of hydrogen-bond acceptors (Lipinski definition) is 1. The molecule has 0 aliphatic heterocycles. The average Bonchev–Trinajstić information content (AvgIpc) is 1.59. The zero-order valence-corrected chi connectivity index (χ0v) is 7.69. The van der Waals surface area contributed by atoms with Gasteiger partial charge >= 0.3 is 6.86 Å². The van der Waals surface area contributed by atoms with E-state index < -0.39 is 6.86 Å². The number of rotatable bonds is 3. The first-order valence-electron chi connectivity index (χ1n) is 2.11. The molecule has 1 N–H and O–H groups in total. The van der Waals surface area contributed by atoms with Crippen molar-refractivity contribution in [3.8, 4) is 0 Å². The minimum absolute atomic E-state index is 0.567. The molecule has 0 aliphatic carbocycles. The summed E-state index contributed by atoms with van der Waals surface area (Å²) < 4.78 is 0. The van der Waals surface area contributed by atoms with Crippen LogP contribution < -0.4 is 4.98 Å². The Morgan fingerprint density at radius 1 is 1.62 bits per heavy atom. The molecule has 6 heteroatoms. The third-order valence-corrected chi connectivity index (χ3v) is 2.27. The van der Waals surface area contributed by atoms with Crippen molar-refractivity contribution in [2.45, 2.75) is 6.55 Å². The first kappa shape index (κ1) is 9.11. The summed E-state index contributed by atoms with van der Waals surface area (Å²) in [7, 11) is 0. The van der Waals surface area contributed by atoms with E-state index in [1.165, 1.54) is 6.69 Å². The van der Waals surface area contributed by atoms with E-state index in [1.54, 1.807) is 6.55 Å². The lowest BCUT2D eigenvalue weighted by atomic mass is 10.1. The zero-order chi connectivity index (χ0) is 6.62. The van der Waals surface area contributed by atoms with Crippen molar-refractivity contribution < 1.29 is 0 Å². The molecular weight excluding hydrogens is 183 g/mol. The number of hydrogen-bond donors (Lipinski definition) is 1. The van der Waals surface area contributed by atoms with Gasteiger partial charge in [0.25, 0.3) is 6.69 Å². The van der Waals surface area contributed by atoms with E-state index in [1.807, 2.05) is 0 Å². The van der Waals surface area contributed by atoms with Crippen LogP contribution in [0, 0.1) is 0 Å². The van der Waals surface area contributed by atoms with Gasteiger partial charge in [0.05, 0.1) is 0 Å². The van der Waals surface area contributed by atoms with Crippen LogP contribution in [0.1, 0.15) is 0 Å². The van der Waals surface area contributed by atoms with Gasteiger partial charge in [-0.2, -0.15) is 0 Å². The summed E-state index contributed by atoms with van der Waals surface area (Å²) in [6.07, 6.45) is 0.567. The van der Waals surface area contributed by atoms with E-state index in [0.29, 0.717) is 6.44 Å². The average molecular weight is 189 g/mol. The molecular formula is C2H6BCl3NSi. The van der Waals surface area contributed by atoms with Crippen LogP contribution in [0.25, 0.3) is 0 Å². The van der Waals surface area contributed by atoms with Crippen molar-refractivity contribution >= 4 is 47.2 Å². The van der Waals surface area contributed by atoms with Gasteiger partial charge in [0.2, 0.25) is 0 Å². The molecule has 0 aliphatic rings. The van der Waals surface area contributed by atoms with Gasteiger partial charge in [-0.05, 0) is 13.0 Å². The van der Waals surface area contributed by atoms with Crippen LogP contribution in [-0.2, 0) is 0 Å². The van der Waals surface area contributed by atoms with Crippen molar-refractivity contribution in [2.24, 2.45) is 0 Å². The zero-order valence-electron chi connectivity index (χ0n) is 4.42. The topological polar surface area (TPSA) is 12.0 Å². The van der Waals surface area contributed by atoms with Crippen LogP contribution in [0.3, 0.4) is 0 Å². The summed E-state index contributed by atoms with van der Waals surface area (Å²) in [6.45, 7) is 1.13. The lowest BCUT2D eigenvalue weighted by Gasteiger charge is -2.09. The molecule has 0 bridgehead atoms. The van der Waals surface area contributed by atoms with E-state index >= 15 is 0 Å². The van der Waals surface area contributed by atoms with Crippen LogP contribution >= 0.6 is 33.6 Å². The molecule has 0 fully saturated rings. The first-order chi connectivity index (χ1) is 3.56. The fourth-order valence-corrected chi connectivity index (χ4v) is 1.35. The summed E-state index contributed by atoms with van der Waals surface area (Å²) in [4.78, 5) is 2.85. The van der Waals surface area contributed by atoms with Gasteiger partial charge in [-0.1, -0.05) is 0 Å². The lowest BCUT2D eigenvalue weighted by Crippen LogP contribution is -2.38. The van der Waals surface area contributed by atoms with E-state index in [4.69, 9.17) is 33.6 Å². The third-order valence-electron chi connectivity index (χ3n) is 0.490. The first-order valence-corrected chi connectivity index (χ1v) is 7.07. The van der Waals surface area contributed by atoms with Gasteiger partial charge in [-0.25, -0.2) is 11.5 Å². The van der Waals surface area contributed by atoms with Gasteiger partial charge in [0, 0.05) is 0 Å². The largest absolute Gasteiger partial charge is 0.320 e. The molecule has 0 aromatic rings. The summed E-state index contributed by atoms with van der Waals surface area (Å²) in [5, 5.41) is 0. The van der Waals surface area contributed by atoms with Crippen molar-refractivity contribution in [2.75, 3.05) is 6.44 Å². The Morgan fingerprint density at radius 3 is 2.25 bits per heavy atom. The minimum atomic E-state index is -2.10. The summed E-state index contributed by atoms with van der Waals surface area (Å²) >= 11 is 16.5. The lowest BCUT2D eigenvalue weighted by molar-refractivity contribution is 1.16. The molecule has 0 heterocycles. The Kier molecular flexibility index (Phi) is 4.57. The fourth-order valence-electron chi connectivity index (χ4n) is 0.218. The van der Waals surface area contributed by atoms with E-state index in [2.05, 4.69) is 4.98 Å². The summed E-state index contributed by atoms with van der Waals surface area (Å²) in [5.74, 6) is 0. The van der Waals surface area contributed by atoms with Crippen molar-refractivity contribution in [3.05, 3.63) is 0 Å². The second-order valence-corrected chi connectivity index (χ2v) is 8.98. The summed E-state index contributed by atoms with van der Waals surface area (Å²) in [5.41, 5.74) is 0. The SMILES string of the molecule is C[Si](Cl)(Cl)NC[B]Cl. The fraction of sp³-hybridized carbons (Fsp3) is 1.00. The molecule has 0 rings (SSSR count). The molecule has 0 amide bonds. The number of halogens is 3. The predicted molar refractivity (Wildman–Crippen MR) is 42.9 cm³/mol. The molecule has 0 atom stereocenters. The highest BCUT2D eigenvalue weighted by Gasteiger charge is 2.18. The molecule has 0 aromatic carbocycles. The molecule has 0 saturated carbocycles. The van der Waals surface area contributed by atoms with Crippen molar-refractivity contribution in [3.63, 3.8) is 0 Å². The van der Waals surface area contributed by atoms with Crippen LogP contribution in [0.5, 0.6) is 0 Å². The molecule has 0 unspecified atom stereocenters. The van der Waals surface area contributed by atoms with Gasteiger partial charge in [0.1, 0.15) is 0 Å². The monoisotopic (exact) mass is 188 g/mol. The quantitative estimate of drug-likeness (QED) is 0.523. The van der Waals surface area contributed by atoms with Crippen LogP contribution in [0.2, 0.25) is 6.55 Å². The van der Waals surface area contributed by atoms with Gasteiger partial charge in [-0.3, -0.25) is 0 Å². The second kappa shape index (κ2) is 4.01. The minimum Gasteiger partial charge on any atom is -0.320 e. The Labute approximate surface area is 65.3 Å². The van der Waals surface area contributed by atoms with Gasteiger partial charge in [0.15, 0.2) is 0 Å². The second-order valence-electron chi connectivity index (χ2n) is 1.42. The van der Waals surface area contributed by atoms with Gasteiger partial charge in [-0.15, -0.1) is 22.2 Å². The Balaban J connectivity index is 3.11. The Bertz CT molecular complexity index is 64.8. The molecule has 1 nitrogen and oxygen atoms in total. The standard InChI is InChI=1S/C2H6BCl3NSi/c1-8(5,6)7-2-3-4/h7H,2H2,1H3. The Hall–Kier alpha value is 1.11. The van der Waals surface area contributed by atoms with Crippen LogP contribution in [0.15, 0.2) is 0 Å². The molecule has 8 heavy (non-hydrogen) atoms. The molecule has 0 spiro atoms. The normalized spacial score (nSPS) is 11.5. The van der Waals surface area contributed by atoms with Crippen molar-refractivity contribution in [1.82, 2.24) is 4.98 Å². The Morgan fingerprint density at radius 2 is 2.12 bits per heavy atom. The van der Waals surface area contributed by atoms with Gasteiger partial charge < -0.3 is 4.98 Å². The highest BCUT2D eigenvalue weighted by Crippen LogP contribution is 2.07. The highest BCUT2D eigenvalue weighted by molar-refractivity contribution is 7.43. The molecule has 0 aromatic heterocycles.